The summed E-state index contributed by atoms with van der Waals surface area (Å²) in [6.07, 6.45) is 1.24. The van der Waals surface area contributed by atoms with Crippen LogP contribution in [0.5, 0.6) is 11.5 Å². The Morgan fingerprint density at radius 3 is 2.41 bits per heavy atom. The SMILES string of the molecule is COc1cccc(OCCC(=O)C2CC3COCC(C2)N3C(=O)OC(C)(C)C)c1. The Morgan fingerprint density at radius 1 is 1.14 bits per heavy atom. The summed E-state index contributed by atoms with van der Waals surface area (Å²) in [6.45, 7) is 6.78. The molecule has 1 amide bonds. The van der Waals surface area contributed by atoms with Crippen LogP contribution < -0.4 is 9.47 Å². The summed E-state index contributed by atoms with van der Waals surface area (Å²) in [5.74, 6) is 1.49. The average Bonchev–Trinajstić information content (AvgIpc) is 2.65. The average molecular weight is 405 g/mol. The molecule has 1 aromatic carbocycles. The fourth-order valence-electron chi connectivity index (χ4n) is 3.96. The van der Waals surface area contributed by atoms with Crippen LogP contribution in [0.4, 0.5) is 4.79 Å². The molecule has 0 spiro atoms. The molecule has 2 aliphatic heterocycles. The van der Waals surface area contributed by atoms with E-state index < -0.39 is 5.60 Å². The highest BCUT2D eigenvalue weighted by molar-refractivity contribution is 5.82. The maximum atomic E-state index is 12.8. The Bertz CT molecular complexity index is 714. The van der Waals surface area contributed by atoms with Crippen molar-refractivity contribution in [1.29, 1.82) is 0 Å². The van der Waals surface area contributed by atoms with Crippen molar-refractivity contribution in [2.75, 3.05) is 26.9 Å². The van der Waals surface area contributed by atoms with Crippen LogP contribution in [-0.2, 0) is 14.3 Å². The van der Waals surface area contributed by atoms with Crippen LogP contribution in [0.3, 0.4) is 0 Å². The number of carbonyl (C=O) groups is 2. The lowest BCUT2D eigenvalue weighted by Gasteiger charge is -2.47. The van der Waals surface area contributed by atoms with E-state index in [0.29, 0.717) is 44.8 Å². The molecule has 0 radical (unpaired) electrons. The maximum Gasteiger partial charge on any atom is 0.410 e. The molecule has 3 rings (SSSR count). The van der Waals surface area contributed by atoms with Gasteiger partial charge in [0.1, 0.15) is 22.9 Å². The minimum absolute atomic E-state index is 0.0819. The molecular formula is C22H31NO6. The molecule has 2 bridgehead atoms. The van der Waals surface area contributed by atoms with Crippen molar-refractivity contribution in [3.63, 3.8) is 0 Å². The van der Waals surface area contributed by atoms with Crippen LogP contribution in [0.25, 0.3) is 0 Å². The van der Waals surface area contributed by atoms with E-state index in [1.165, 1.54) is 0 Å². The number of Topliss-reactive ketones (excluding diaryl/α,β-unsaturated/α-hetero) is 1. The van der Waals surface area contributed by atoms with Crippen molar-refractivity contribution in [3.8, 4) is 11.5 Å². The van der Waals surface area contributed by atoms with Gasteiger partial charge < -0.3 is 18.9 Å². The molecule has 2 fully saturated rings. The summed E-state index contributed by atoms with van der Waals surface area (Å²) < 4.78 is 22.1. The molecule has 2 aliphatic rings. The molecule has 7 heteroatoms. The Hall–Kier alpha value is -2.28. The molecule has 2 saturated heterocycles. The van der Waals surface area contributed by atoms with Crippen LogP contribution in [0.1, 0.15) is 40.0 Å². The first kappa shape index (κ1) is 21.4. The number of fused-ring (bicyclic) bond motifs is 2. The first-order chi connectivity index (χ1) is 13.8. The predicted octanol–water partition coefficient (Wildman–Crippen LogP) is 3.45. The standard InChI is InChI=1S/C22H31NO6/c1-22(2,3)29-21(25)23-16-10-15(11-17(23)14-27-13-16)20(24)8-9-28-19-7-5-6-18(12-19)26-4/h5-7,12,15-17H,8-11,13-14H2,1-4H3. The van der Waals surface area contributed by atoms with Crippen LogP contribution in [0.15, 0.2) is 24.3 Å². The third-order valence-electron chi connectivity index (χ3n) is 5.24. The highest BCUT2D eigenvalue weighted by Gasteiger charge is 2.44. The zero-order valence-corrected chi connectivity index (χ0v) is 17.7. The summed E-state index contributed by atoms with van der Waals surface area (Å²) in [6, 6.07) is 7.09. The highest BCUT2D eigenvalue weighted by atomic mass is 16.6. The van der Waals surface area contributed by atoms with E-state index in [9.17, 15) is 9.59 Å². The zero-order valence-electron chi connectivity index (χ0n) is 17.7. The number of morpholine rings is 1. The molecule has 0 N–H and O–H groups in total. The van der Waals surface area contributed by atoms with Crippen molar-refractivity contribution in [2.24, 2.45) is 5.92 Å². The number of hydrogen-bond donors (Lipinski definition) is 0. The lowest BCUT2D eigenvalue weighted by Crippen LogP contribution is -2.60. The number of piperidine rings is 1. The number of rotatable bonds is 6. The van der Waals surface area contributed by atoms with Crippen molar-refractivity contribution in [2.45, 2.75) is 57.7 Å². The van der Waals surface area contributed by atoms with E-state index in [4.69, 9.17) is 18.9 Å². The second kappa shape index (κ2) is 9.03. The normalized spacial score (nSPS) is 24.0. The molecule has 0 aromatic heterocycles. The highest BCUT2D eigenvalue weighted by Crippen LogP contribution is 2.34. The number of benzene rings is 1. The fourth-order valence-corrected chi connectivity index (χ4v) is 3.96. The van der Waals surface area contributed by atoms with Gasteiger partial charge in [-0.25, -0.2) is 4.79 Å². The van der Waals surface area contributed by atoms with Gasteiger partial charge in [-0.15, -0.1) is 0 Å². The lowest BCUT2D eigenvalue weighted by molar-refractivity contribution is -0.132. The molecule has 2 unspecified atom stereocenters. The van der Waals surface area contributed by atoms with Gasteiger partial charge in [-0.05, 0) is 45.7 Å². The number of nitrogens with zero attached hydrogens (tertiary/aromatic N) is 1. The van der Waals surface area contributed by atoms with Crippen LogP contribution in [0.2, 0.25) is 0 Å². The molecule has 160 valence electrons. The number of ketones is 1. The molecular weight excluding hydrogens is 374 g/mol. The third-order valence-corrected chi connectivity index (χ3v) is 5.24. The minimum atomic E-state index is -0.545. The summed E-state index contributed by atoms with van der Waals surface area (Å²) in [5, 5.41) is 0. The maximum absolute atomic E-state index is 12.8. The van der Waals surface area contributed by atoms with Crippen molar-refractivity contribution < 1.29 is 28.5 Å². The Kier molecular flexibility index (Phi) is 6.67. The Labute approximate surface area is 172 Å². The van der Waals surface area contributed by atoms with Gasteiger partial charge >= 0.3 is 6.09 Å². The van der Waals surface area contributed by atoms with Crippen molar-refractivity contribution in [3.05, 3.63) is 24.3 Å². The fraction of sp³-hybridized carbons (Fsp3) is 0.636. The largest absolute Gasteiger partial charge is 0.497 e. The van der Waals surface area contributed by atoms with E-state index in [2.05, 4.69) is 0 Å². The Balaban J connectivity index is 1.53. The zero-order chi connectivity index (χ0) is 21.0. The third kappa shape index (κ3) is 5.63. The predicted molar refractivity (Wildman–Crippen MR) is 107 cm³/mol. The molecule has 7 nitrogen and oxygen atoms in total. The van der Waals surface area contributed by atoms with Gasteiger partial charge in [-0.3, -0.25) is 9.69 Å². The van der Waals surface area contributed by atoms with Crippen molar-refractivity contribution >= 4 is 11.9 Å². The Morgan fingerprint density at radius 2 is 1.79 bits per heavy atom. The second-order valence-corrected chi connectivity index (χ2v) is 8.64. The van der Waals surface area contributed by atoms with Gasteiger partial charge in [-0.1, -0.05) is 6.07 Å². The molecule has 1 aromatic rings. The molecule has 2 atom stereocenters. The topological polar surface area (TPSA) is 74.3 Å². The number of ether oxygens (including phenoxy) is 4. The van der Waals surface area contributed by atoms with Gasteiger partial charge in [0.05, 0.1) is 39.0 Å². The van der Waals surface area contributed by atoms with Gasteiger partial charge in [0.2, 0.25) is 0 Å². The van der Waals surface area contributed by atoms with Gasteiger partial charge in [0.15, 0.2) is 0 Å². The minimum Gasteiger partial charge on any atom is -0.497 e. The number of methoxy groups -OCH3 is 1. The van der Waals surface area contributed by atoms with E-state index in [1.54, 1.807) is 18.1 Å². The smallest absolute Gasteiger partial charge is 0.410 e. The first-order valence-corrected chi connectivity index (χ1v) is 10.2. The van der Waals surface area contributed by atoms with E-state index in [-0.39, 0.29) is 29.9 Å². The van der Waals surface area contributed by atoms with Gasteiger partial charge in [-0.2, -0.15) is 0 Å². The molecule has 0 saturated carbocycles. The molecule has 29 heavy (non-hydrogen) atoms. The first-order valence-electron chi connectivity index (χ1n) is 10.2. The van der Waals surface area contributed by atoms with Crippen LogP contribution in [0, 0.1) is 5.92 Å². The summed E-state index contributed by atoms with van der Waals surface area (Å²) in [7, 11) is 1.60. The number of hydrogen-bond acceptors (Lipinski definition) is 6. The van der Waals surface area contributed by atoms with Gasteiger partial charge in [0, 0.05) is 18.4 Å². The summed E-state index contributed by atoms with van der Waals surface area (Å²) in [4.78, 5) is 27.2. The van der Waals surface area contributed by atoms with Gasteiger partial charge in [0.25, 0.3) is 0 Å². The summed E-state index contributed by atoms with van der Waals surface area (Å²) in [5.41, 5.74) is -0.545. The lowest BCUT2D eigenvalue weighted by atomic mass is 9.82. The van der Waals surface area contributed by atoms with E-state index >= 15 is 0 Å². The second-order valence-electron chi connectivity index (χ2n) is 8.64. The van der Waals surface area contributed by atoms with E-state index in [1.807, 2.05) is 39.0 Å². The number of amides is 1. The quantitative estimate of drug-likeness (QED) is 0.722. The number of carbonyl (C=O) groups excluding carboxylic acids is 2. The molecule has 0 aliphatic carbocycles. The van der Waals surface area contributed by atoms with E-state index in [0.717, 1.165) is 5.75 Å². The van der Waals surface area contributed by atoms with Crippen LogP contribution >= 0.6 is 0 Å². The summed E-state index contributed by atoms with van der Waals surface area (Å²) >= 11 is 0. The van der Waals surface area contributed by atoms with Crippen LogP contribution in [-0.4, -0.2) is 61.4 Å². The monoisotopic (exact) mass is 405 g/mol. The molecule has 2 heterocycles. The van der Waals surface area contributed by atoms with Crippen molar-refractivity contribution in [1.82, 2.24) is 4.90 Å².